The number of nitrogens with zero attached hydrogens (tertiary/aromatic N) is 3. The van der Waals surface area contributed by atoms with Crippen molar-refractivity contribution in [3.8, 4) is 11.3 Å². The molecule has 5 heteroatoms. The van der Waals surface area contributed by atoms with E-state index in [1.807, 2.05) is 11.3 Å². The van der Waals surface area contributed by atoms with Crippen LogP contribution in [-0.4, -0.2) is 18.7 Å². The first-order valence-electron chi connectivity index (χ1n) is 9.04. The molecule has 0 saturated heterocycles. The Labute approximate surface area is 187 Å². The lowest BCUT2D eigenvalue weighted by Gasteiger charge is -2.13. The van der Waals surface area contributed by atoms with Crippen LogP contribution in [0.25, 0.3) is 33.6 Å². The standard InChI is InChI=1S/C23H24N3S.HI/c1-24(2)18-11-9-17(10-12-18)20-15-13-19(25(20)3)14-16-23-26(4)21-7-5-6-8-22(21)27-23;/h5-16H,1-4H3;1H/q+1;/p-1. The zero-order valence-electron chi connectivity index (χ0n) is 16.6. The highest BCUT2D eigenvalue weighted by atomic mass is 127. The van der Waals surface area contributed by atoms with Crippen LogP contribution in [0.2, 0.25) is 0 Å². The van der Waals surface area contributed by atoms with Crippen molar-refractivity contribution >= 4 is 39.4 Å². The van der Waals surface area contributed by atoms with E-state index in [9.17, 15) is 0 Å². The normalized spacial score (nSPS) is 11.1. The molecule has 0 bridgehead atoms. The molecule has 0 aliphatic carbocycles. The number of hydrogen-bond acceptors (Lipinski definition) is 2. The molecule has 2 aromatic heterocycles. The Bertz CT molecular complexity index is 1120. The summed E-state index contributed by atoms with van der Waals surface area (Å²) >= 11 is 1.82. The molecule has 0 saturated carbocycles. The molecule has 144 valence electrons. The summed E-state index contributed by atoms with van der Waals surface area (Å²) in [6.45, 7) is 0. The van der Waals surface area contributed by atoms with Gasteiger partial charge in [-0.3, -0.25) is 0 Å². The first-order valence-corrected chi connectivity index (χ1v) is 9.85. The van der Waals surface area contributed by atoms with E-state index in [-0.39, 0.29) is 24.0 Å². The van der Waals surface area contributed by atoms with Gasteiger partial charge in [0.25, 0.3) is 5.01 Å². The van der Waals surface area contributed by atoms with Crippen molar-refractivity contribution in [3.05, 3.63) is 71.4 Å². The molecule has 2 heterocycles. The van der Waals surface area contributed by atoms with Crippen molar-refractivity contribution < 1.29 is 28.5 Å². The van der Waals surface area contributed by atoms with Crippen LogP contribution in [0.15, 0.2) is 60.7 Å². The van der Waals surface area contributed by atoms with Gasteiger partial charge in [0, 0.05) is 50.4 Å². The maximum absolute atomic E-state index is 2.25. The lowest BCUT2D eigenvalue weighted by atomic mass is 10.1. The third kappa shape index (κ3) is 3.86. The van der Waals surface area contributed by atoms with Gasteiger partial charge in [-0.1, -0.05) is 35.6 Å². The van der Waals surface area contributed by atoms with E-state index in [0.29, 0.717) is 0 Å². The lowest BCUT2D eigenvalue weighted by Crippen LogP contribution is -3.00. The Morgan fingerprint density at radius 1 is 0.929 bits per heavy atom. The van der Waals surface area contributed by atoms with Crippen molar-refractivity contribution in [2.75, 3.05) is 19.0 Å². The van der Waals surface area contributed by atoms with Crippen molar-refractivity contribution in [1.29, 1.82) is 0 Å². The van der Waals surface area contributed by atoms with Gasteiger partial charge in [-0.25, -0.2) is 0 Å². The highest BCUT2D eigenvalue weighted by molar-refractivity contribution is 7.18. The van der Waals surface area contributed by atoms with Crippen molar-refractivity contribution in [1.82, 2.24) is 4.57 Å². The minimum absolute atomic E-state index is 0. The second-order valence-corrected chi connectivity index (χ2v) is 8.01. The van der Waals surface area contributed by atoms with Crippen LogP contribution < -0.4 is 33.4 Å². The maximum atomic E-state index is 2.25. The largest absolute Gasteiger partial charge is 1.00 e. The second kappa shape index (κ2) is 8.49. The van der Waals surface area contributed by atoms with Crippen LogP contribution >= 0.6 is 11.3 Å². The fourth-order valence-electron chi connectivity index (χ4n) is 3.34. The van der Waals surface area contributed by atoms with Gasteiger partial charge in [-0.05, 0) is 42.0 Å². The van der Waals surface area contributed by atoms with E-state index in [2.05, 4.69) is 115 Å². The Kier molecular flexibility index (Phi) is 6.25. The molecular weight excluding hydrogens is 477 g/mol. The number of anilines is 1. The second-order valence-electron chi connectivity index (χ2n) is 6.94. The first-order chi connectivity index (χ1) is 13.0. The molecular formula is C23H24IN3S. The van der Waals surface area contributed by atoms with Crippen LogP contribution in [0.4, 0.5) is 5.69 Å². The molecule has 0 N–H and O–H groups in total. The molecule has 0 radical (unpaired) electrons. The Morgan fingerprint density at radius 3 is 2.32 bits per heavy atom. The predicted molar refractivity (Wildman–Crippen MR) is 117 cm³/mol. The summed E-state index contributed by atoms with van der Waals surface area (Å²) in [5.41, 5.74) is 6.14. The molecule has 0 spiro atoms. The number of rotatable bonds is 4. The Hall–Kier alpha value is -2.12. The summed E-state index contributed by atoms with van der Waals surface area (Å²) in [5.74, 6) is 0. The minimum Gasteiger partial charge on any atom is -1.00 e. The van der Waals surface area contributed by atoms with Gasteiger partial charge < -0.3 is 33.4 Å². The van der Waals surface area contributed by atoms with Gasteiger partial charge >= 0.3 is 0 Å². The van der Waals surface area contributed by atoms with E-state index in [1.165, 1.54) is 37.9 Å². The zero-order chi connectivity index (χ0) is 19.0. The monoisotopic (exact) mass is 501 g/mol. The van der Waals surface area contributed by atoms with E-state index in [4.69, 9.17) is 0 Å². The van der Waals surface area contributed by atoms with Gasteiger partial charge in [-0.2, -0.15) is 4.57 Å². The highest BCUT2D eigenvalue weighted by Gasteiger charge is 2.13. The van der Waals surface area contributed by atoms with Gasteiger partial charge in [0.05, 0.1) is 0 Å². The number of thiazole rings is 1. The van der Waals surface area contributed by atoms with Gasteiger partial charge in [0.15, 0.2) is 0 Å². The topological polar surface area (TPSA) is 12.1 Å². The number of aromatic nitrogens is 2. The maximum Gasteiger partial charge on any atom is 0.262 e. The summed E-state index contributed by atoms with van der Waals surface area (Å²) < 4.78 is 5.81. The highest BCUT2D eigenvalue weighted by Crippen LogP contribution is 2.26. The summed E-state index contributed by atoms with van der Waals surface area (Å²) in [5, 5.41) is 1.24. The van der Waals surface area contributed by atoms with Crippen molar-refractivity contribution in [2.45, 2.75) is 0 Å². The average molecular weight is 501 g/mol. The smallest absolute Gasteiger partial charge is 0.262 e. The lowest BCUT2D eigenvalue weighted by molar-refractivity contribution is -0.642. The quantitative estimate of drug-likeness (QED) is 0.308. The summed E-state index contributed by atoms with van der Waals surface area (Å²) in [6, 6.07) is 21.6. The van der Waals surface area contributed by atoms with Crippen LogP contribution in [0.3, 0.4) is 0 Å². The summed E-state index contributed by atoms with van der Waals surface area (Å²) in [4.78, 5) is 2.12. The molecule has 2 aromatic carbocycles. The number of halogens is 1. The van der Waals surface area contributed by atoms with Crippen LogP contribution in [0, 0.1) is 0 Å². The van der Waals surface area contributed by atoms with E-state index in [0.717, 1.165) is 0 Å². The fourth-order valence-corrected chi connectivity index (χ4v) is 4.39. The van der Waals surface area contributed by atoms with E-state index >= 15 is 0 Å². The molecule has 0 amide bonds. The molecule has 0 aliphatic rings. The molecule has 28 heavy (non-hydrogen) atoms. The molecule has 3 nitrogen and oxygen atoms in total. The molecule has 4 rings (SSSR count). The van der Waals surface area contributed by atoms with Gasteiger partial charge in [0.2, 0.25) is 5.52 Å². The Balaban J connectivity index is 0.00000225. The SMILES string of the molecule is CN(C)c1ccc(-c2ccc(/C=C/c3sc4ccccc4[n+]3C)n2C)cc1.[I-]. The summed E-state index contributed by atoms with van der Waals surface area (Å²) in [7, 11) is 8.38. The van der Waals surface area contributed by atoms with Crippen LogP contribution in [-0.2, 0) is 14.1 Å². The van der Waals surface area contributed by atoms with E-state index in [1.54, 1.807) is 0 Å². The third-order valence-electron chi connectivity index (χ3n) is 5.01. The van der Waals surface area contributed by atoms with Crippen LogP contribution in [0.5, 0.6) is 0 Å². The molecule has 0 fully saturated rings. The number of fused-ring (bicyclic) bond motifs is 1. The molecule has 0 aliphatic heterocycles. The number of para-hydroxylation sites is 1. The summed E-state index contributed by atoms with van der Waals surface area (Å²) in [6.07, 6.45) is 4.40. The Morgan fingerprint density at radius 2 is 1.64 bits per heavy atom. The average Bonchev–Trinajstić information content (AvgIpc) is 3.20. The van der Waals surface area contributed by atoms with Crippen LogP contribution in [0.1, 0.15) is 10.7 Å². The zero-order valence-corrected chi connectivity index (χ0v) is 19.5. The van der Waals surface area contributed by atoms with E-state index < -0.39 is 0 Å². The third-order valence-corrected chi connectivity index (χ3v) is 6.19. The van der Waals surface area contributed by atoms with Gasteiger partial charge in [-0.15, -0.1) is 0 Å². The van der Waals surface area contributed by atoms with Crippen molar-refractivity contribution in [2.24, 2.45) is 14.1 Å². The molecule has 0 atom stereocenters. The number of hydrogen-bond donors (Lipinski definition) is 0. The van der Waals surface area contributed by atoms with Gasteiger partial charge in [0.1, 0.15) is 11.7 Å². The number of benzene rings is 2. The molecule has 0 unspecified atom stereocenters. The molecule has 4 aromatic rings. The fraction of sp³-hybridized carbons (Fsp3) is 0.174. The first kappa shape index (κ1) is 20.6. The number of aryl methyl sites for hydroxylation is 1. The predicted octanol–water partition coefficient (Wildman–Crippen LogP) is 1.97. The minimum atomic E-state index is 0. The van der Waals surface area contributed by atoms with Crippen molar-refractivity contribution in [3.63, 3.8) is 0 Å².